The SMILES string of the molecule is C=CCCC(=O)OC[C@@H](NC(=O)[C@H]1[C@@H]2O[C@@]3(CC2Br)[C@@H]1C(=O)N(CCCCCO)[C@@H]3C(=O)N(CC=C)c1cc(C)ccc1C)c1ccccc1. The number of aliphatic hydroxyl groups excluding tert-OH is 1. The van der Waals surface area contributed by atoms with Crippen LogP contribution >= 0.6 is 15.9 Å². The first-order valence-electron chi connectivity index (χ1n) is 17.4. The van der Waals surface area contributed by atoms with Gasteiger partial charge in [-0.2, -0.15) is 0 Å². The molecule has 50 heavy (non-hydrogen) atoms. The fraction of sp³-hybridized carbons (Fsp3) is 0.487. The maximum atomic E-state index is 14.9. The zero-order chi connectivity index (χ0) is 36.0. The van der Waals surface area contributed by atoms with Gasteiger partial charge >= 0.3 is 5.97 Å². The molecule has 2 bridgehead atoms. The number of amides is 3. The summed E-state index contributed by atoms with van der Waals surface area (Å²) in [6.07, 6.45) is 5.51. The summed E-state index contributed by atoms with van der Waals surface area (Å²) in [6, 6.07) is 13.5. The van der Waals surface area contributed by atoms with E-state index in [2.05, 4.69) is 34.4 Å². The van der Waals surface area contributed by atoms with Crippen molar-refractivity contribution in [1.29, 1.82) is 0 Å². The lowest BCUT2D eigenvalue weighted by atomic mass is 9.70. The Morgan fingerprint density at radius 3 is 2.60 bits per heavy atom. The summed E-state index contributed by atoms with van der Waals surface area (Å²) in [7, 11) is 0. The van der Waals surface area contributed by atoms with E-state index in [-0.39, 0.29) is 49.4 Å². The zero-order valence-electron chi connectivity index (χ0n) is 28.9. The summed E-state index contributed by atoms with van der Waals surface area (Å²) >= 11 is 3.76. The first kappa shape index (κ1) is 37.5. The monoisotopic (exact) mass is 749 g/mol. The lowest BCUT2D eigenvalue weighted by Crippen LogP contribution is -2.57. The highest BCUT2D eigenvalue weighted by Gasteiger charge is 2.76. The van der Waals surface area contributed by atoms with E-state index in [0.717, 1.165) is 22.4 Å². The van der Waals surface area contributed by atoms with Crippen molar-refractivity contribution >= 4 is 45.3 Å². The van der Waals surface area contributed by atoms with Crippen molar-refractivity contribution in [2.45, 2.75) is 81.0 Å². The van der Waals surface area contributed by atoms with Crippen LogP contribution in [0.15, 0.2) is 73.8 Å². The number of nitrogens with zero attached hydrogens (tertiary/aromatic N) is 2. The van der Waals surface area contributed by atoms with Crippen molar-refractivity contribution in [2.75, 3.05) is 31.2 Å². The molecule has 7 atom stereocenters. The molecule has 3 heterocycles. The second-order valence-corrected chi connectivity index (χ2v) is 14.7. The number of benzene rings is 2. The minimum Gasteiger partial charge on any atom is -0.463 e. The Morgan fingerprint density at radius 2 is 1.90 bits per heavy atom. The minimum atomic E-state index is -1.25. The number of carbonyl (C=O) groups excluding carboxylic acids is 4. The average molecular weight is 751 g/mol. The summed E-state index contributed by atoms with van der Waals surface area (Å²) in [6.45, 7) is 11.9. The number of anilines is 1. The Balaban J connectivity index is 1.49. The maximum Gasteiger partial charge on any atom is 0.306 e. The van der Waals surface area contributed by atoms with E-state index in [4.69, 9.17) is 9.47 Å². The molecule has 0 radical (unpaired) electrons. The molecular weight excluding hydrogens is 702 g/mol. The van der Waals surface area contributed by atoms with Gasteiger partial charge in [-0.25, -0.2) is 0 Å². The van der Waals surface area contributed by atoms with Gasteiger partial charge in [-0.1, -0.05) is 70.5 Å². The van der Waals surface area contributed by atoms with Gasteiger partial charge < -0.3 is 29.7 Å². The number of aliphatic hydroxyl groups is 1. The highest BCUT2D eigenvalue weighted by molar-refractivity contribution is 9.09. The van der Waals surface area contributed by atoms with Gasteiger partial charge in [-0.05, 0) is 68.7 Å². The summed E-state index contributed by atoms with van der Waals surface area (Å²) in [4.78, 5) is 59.4. The smallest absolute Gasteiger partial charge is 0.306 e. The second kappa shape index (κ2) is 16.5. The number of likely N-dealkylation sites (tertiary alicyclic amines) is 1. The third kappa shape index (κ3) is 7.45. The van der Waals surface area contributed by atoms with Gasteiger partial charge in [0.15, 0.2) is 0 Å². The molecule has 3 aliphatic heterocycles. The van der Waals surface area contributed by atoms with Gasteiger partial charge in [0.2, 0.25) is 11.8 Å². The Bertz CT molecular complexity index is 1580. The van der Waals surface area contributed by atoms with Gasteiger partial charge in [0, 0.05) is 36.6 Å². The number of halogens is 1. The van der Waals surface area contributed by atoms with E-state index in [1.807, 2.05) is 62.4 Å². The normalized spacial score (nSPS) is 25.6. The molecule has 5 rings (SSSR count). The van der Waals surface area contributed by atoms with Crippen LogP contribution in [0.2, 0.25) is 0 Å². The molecule has 2 aromatic carbocycles. The van der Waals surface area contributed by atoms with E-state index in [1.165, 1.54) is 0 Å². The van der Waals surface area contributed by atoms with Crippen LogP contribution in [0.4, 0.5) is 5.69 Å². The first-order chi connectivity index (χ1) is 24.1. The second-order valence-electron chi connectivity index (χ2n) is 13.5. The molecule has 0 aliphatic carbocycles. The number of carbonyl (C=O) groups is 4. The van der Waals surface area contributed by atoms with Gasteiger partial charge in [0.1, 0.15) is 18.2 Å². The summed E-state index contributed by atoms with van der Waals surface area (Å²) < 4.78 is 12.3. The fourth-order valence-electron chi connectivity index (χ4n) is 7.76. The number of allylic oxidation sites excluding steroid dienone is 1. The first-order valence-corrected chi connectivity index (χ1v) is 18.3. The van der Waals surface area contributed by atoms with E-state index in [1.54, 1.807) is 22.0 Å². The topological polar surface area (TPSA) is 125 Å². The van der Waals surface area contributed by atoms with Gasteiger partial charge in [0.25, 0.3) is 5.91 Å². The molecule has 268 valence electrons. The quantitative estimate of drug-likeness (QED) is 0.0999. The molecule has 0 aromatic heterocycles. The number of fused-ring (bicyclic) bond motifs is 1. The minimum absolute atomic E-state index is 0.0348. The standard InChI is InChI=1S/C39H48BrN3O7/c1-5-7-16-31(45)49-24-29(27-14-10-8-11-15-27)41-36(46)32-33-37(47)43(20-12-9-13-21-44)35(39(33)23-28(40)34(32)50-39)38(48)42(19-6-2)30-22-25(3)17-18-26(30)4/h5-6,8,10-11,14-15,17-18,22,28-29,32-35,44H,1-2,7,9,12-13,16,19-21,23-24H2,3-4H3,(H,41,46)/t28?,29-,32-,33+,34-,35-,39+/m1/s1. The highest BCUT2D eigenvalue weighted by atomic mass is 79.9. The molecular formula is C39H48BrN3O7. The third-order valence-corrected chi connectivity index (χ3v) is 10.9. The number of hydrogen-bond donors (Lipinski definition) is 2. The fourth-order valence-corrected chi connectivity index (χ4v) is 8.70. The Morgan fingerprint density at radius 1 is 1.14 bits per heavy atom. The number of rotatable bonds is 17. The molecule has 3 amide bonds. The lowest BCUT2D eigenvalue weighted by Gasteiger charge is -2.37. The van der Waals surface area contributed by atoms with E-state index < -0.39 is 47.5 Å². The van der Waals surface area contributed by atoms with Crippen LogP contribution in [0.1, 0.15) is 61.3 Å². The number of hydrogen-bond acceptors (Lipinski definition) is 7. The van der Waals surface area contributed by atoms with Crippen LogP contribution in [0.5, 0.6) is 0 Å². The maximum absolute atomic E-state index is 14.9. The molecule has 3 fully saturated rings. The number of ether oxygens (including phenoxy) is 2. The van der Waals surface area contributed by atoms with Gasteiger partial charge in [-0.15, -0.1) is 13.2 Å². The summed E-state index contributed by atoms with van der Waals surface area (Å²) in [5, 5.41) is 12.5. The van der Waals surface area contributed by atoms with Gasteiger partial charge in [0.05, 0.1) is 24.0 Å². The largest absolute Gasteiger partial charge is 0.463 e. The molecule has 10 nitrogen and oxygen atoms in total. The van der Waals surface area contributed by atoms with E-state index in [9.17, 15) is 24.3 Å². The molecule has 3 aliphatic rings. The average Bonchev–Trinajstić information content (AvgIpc) is 3.70. The van der Waals surface area contributed by atoms with Crippen molar-refractivity contribution in [3.05, 3.63) is 90.5 Å². The van der Waals surface area contributed by atoms with E-state index >= 15 is 0 Å². The molecule has 2 N–H and O–H groups in total. The number of unbranched alkanes of at least 4 members (excludes halogenated alkanes) is 2. The van der Waals surface area contributed by atoms with Crippen molar-refractivity contribution in [1.82, 2.24) is 10.2 Å². The van der Waals surface area contributed by atoms with Crippen molar-refractivity contribution in [3.63, 3.8) is 0 Å². The summed E-state index contributed by atoms with van der Waals surface area (Å²) in [5.41, 5.74) is 2.12. The summed E-state index contributed by atoms with van der Waals surface area (Å²) in [5.74, 6) is -3.17. The van der Waals surface area contributed by atoms with Gasteiger partial charge in [-0.3, -0.25) is 19.2 Å². The van der Waals surface area contributed by atoms with Crippen molar-refractivity contribution in [2.24, 2.45) is 11.8 Å². The highest BCUT2D eigenvalue weighted by Crippen LogP contribution is 2.60. The Kier molecular flexibility index (Phi) is 12.3. The molecule has 3 saturated heterocycles. The van der Waals surface area contributed by atoms with Crippen molar-refractivity contribution in [3.8, 4) is 0 Å². The Hall–Kier alpha value is -3.80. The predicted molar refractivity (Wildman–Crippen MR) is 195 cm³/mol. The number of aryl methyl sites for hydroxylation is 2. The van der Waals surface area contributed by atoms with Crippen LogP contribution in [0.25, 0.3) is 0 Å². The molecule has 11 heteroatoms. The number of esters is 1. The van der Waals surface area contributed by atoms with Crippen molar-refractivity contribution < 1.29 is 33.8 Å². The van der Waals surface area contributed by atoms with Crippen LogP contribution < -0.4 is 10.2 Å². The van der Waals surface area contributed by atoms with Crippen LogP contribution in [0, 0.1) is 25.7 Å². The molecule has 1 unspecified atom stereocenters. The molecule has 1 spiro atoms. The lowest BCUT2D eigenvalue weighted by molar-refractivity contribution is -0.145. The van der Waals surface area contributed by atoms with Crippen LogP contribution in [-0.2, 0) is 28.7 Å². The van der Waals surface area contributed by atoms with Crippen LogP contribution in [0.3, 0.4) is 0 Å². The van der Waals surface area contributed by atoms with Crippen LogP contribution in [-0.4, -0.2) is 82.6 Å². The zero-order valence-corrected chi connectivity index (χ0v) is 30.5. The Labute approximate surface area is 303 Å². The van der Waals surface area contributed by atoms with E-state index in [0.29, 0.717) is 32.1 Å². The predicted octanol–water partition coefficient (Wildman–Crippen LogP) is 5.10. The molecule has 2 aromatic rings. The number of nitrogens with one attached hydrogen (secondary N) is 1. The third-order valence-electron chi connectivity index (χ3n) is 10.1. The number of alkyl halides is 1. The molecule has 0 saturated carbocycles.